The molecule has 0 amide bonds. The van der Waals surface area contributed by atoms with Crippen molar-refractivity contribution in [3.8, 4) is 34.5 Å². The van der Waals surface area contributed by atoms with Gasteiger partial charge in [-0.05, 0) is 42.0 Å². The monoisotopic (exact) mass is 1140 g/mol. The first-order chi connectivity index (χ1) is 38.0. The summed E-state index contributed by atoms with van der Waals surface area (Å²) in [7, 11) is 0. The Morgan fingerprint density at radius 1 is 0.613 bits per heavy atom. The first-order valence-corrected chi connectivity index (χ1v) is 24.4. The summed E-state index contributed by atoms with van der Waals surface area (Å²) in [5.74, 6) is -6.41. The summed E-state index contributed by atoms with van der Waals surface area (Å²) in [6, 6.07) is 11.3. The number of rotatable bonds is 18. The summed E-state index contributed by atoms with van der Waals surface area (Å²) in [6.45, 7) is -2.89. The number of carboxylic acid groups (broad SMARTS) is 1. The van der Waals surface area contributed by atoms with Gasteiger partial charge in [-0.3, -0.25) is 9.59 Å². The lowest BCUT2D eigenvalue weighted by atomic mass is 9.97. The van der Waals surface area contributed by atoms with Crippen LogP contribution in [0.2, 0.25) is 0 Å². The normalized spacial score (nSPS) is 35.2. The van der Waals surface area contributed by atoms with Gasteiger partial charge in [0.05, 0.1) is 18.8 Å². The Bertz CT molecular complexity index is 2700. The van der Waals surface area contributed by atoms with Gasteiger partial charge in [0, 0.05) is 23.8 Å². The summed E-state index contributed by atoms with van der Waals surface area (Å²) < 4.78 is 62.8. The molecule has 0 aliphatic carbocycles. The van der Waals surface area contributed by atoms with Crippen molar-refractivity contribution in [2.24, 2.45) is 0 Å². The zero-order valence-electron chi connectivity index (χ0n) is 41.4. The molecule has 0 bridgehead atoms. The number of aromatic hydroxyl groups is 3. The molecule has 3 aromatic carbocycles. The van der Waals surface area contributed by atoms with Gasteiger partial charge in [-0.1, -0.05) is 18.2 Å². The molecule has 5 heterocycles. The molecule has 30 heteroatoms. The van der Waals surface area contributed by atoms with E-state index in [0.717, 1.165) is 30.3 Å². The van der Waals surface area contributed by atoms with Gasteiger partial charge in [0.25, 0.3) is 0 Å². The number of phenols is 3. The van der Waals surface area contributed by atoms with Crippen molar-refractivity contribution in [2.45, 2.75) is 129 Å². The van der Waals surface area contributed by atoms with Crippen molar-refractivity contribution in [3.63, 3.8) is 0 Å². The van der Waals surface area contributed by atoms with Gasteiger partial charge >= 0.3 is 17.9 Å². The molecule has 438 valence electrons. The van der Waals surface area contributed by atoms with Gasteiger partial charge in [0.1, 0.15) is 134 Å². The number of aliphatic hydroxyl groups excluding tert-OH is 12. The highest BCUT2D eigenvalue weighted by molar-refractivity contribution is 5.90. The van der Waals surface area contributed by atoms with Gasteiger partial charge in [0.2, 0.25) is 18.9 Å². The molecule has 16 N–H and O–H groups in total. The van der Waals surface area contributed by atoms with Crippen molar-refractivity contribution in [1.82, 2.24) is 0 Å². The maximum absolute atomic E-state index is 13.1. The van der Waals surface area contributed by atoms with E-state index >= 15 is 0 Å². The molecule has 5 aliphatic rings. The minimum Gasteiger partial charge on any atom is -0.508 e. The van der Waals surface area contributed by atoms with Crippen LogP contribution in [0.5, 0.6) is 34.5 Å². The van der Waals surface area contributed by atoms with Crippen molar-refractivity contribution < 1.29 is 148 Å². The van der Waals surface area contributed by atoms with E-state index < -0.39 is 197 Å². The number of carbonyl (C=O) groups is 3. The third kappa shape index (κ3) is 13.4. The average molecular weight is 1140 g/mol. The lowest BCUT2D eigenvalue weighted by Crippen LogP contribution is -2.63. The van der Waals surface area contributed by atoms with Crippen molar-refractivity contribution >= 4 is 30.1 Å². The largest absolute Gasteiger partial charge is 0.508 e. The second kappa shape index (κ2) is 25.5. The summed E-state index contributed by atoms with van der Waals surface area (Å²) >= 11 is 0. The molecular formula is C50H58O30. The number of benzene rings is 3. The molecule has 0 radical (unpaired) electrons. The molecule has 20 atom stereocenters. The van der Waals surface area contributed by atoms with E-state index in [-0.39, 0.29) is 28.4 Å². The fraction of sp³-hybridized carbons (Fsp3) is 0.500. The van der Waals surface area contributed by atoms with Crippen LogP contribution in [0.4, 0.5) is 0 Å². The van der Waals surface area contributed by atoms with Crippen molar-refractivity contribution in [3.05, 3.63) is 83.1 Å². The van der Waals surface area contributed by atoms with E-state index in [1.54, 1.807) is 0 Å². The summed E-state index contributed by atoms with van der Waals surface area (Å²) in [4.78, 5) is 36.1. The summed E-state index contributed by atoms with van der Waals surface area (Å²) in [5.41, 5.74) is 0.274. The van der Waals surface area contributed by atoms with E-state index in [4.69, 9.17) is 57.2 Å². The first kappa shape index (κ1) is 59.6. The summed E-state index contributed by atoms with van der Waals surface area (Å²) in [6.07, 6.45) is -33.2. The SMILES string of the molecule is O=C(O)CC(=O)OC[C@H]1O[C@@H](Oc2cc(O)cc3c2C=C(O[C@H]2O[C@@H](COC(=O)/C=C/c4ccc(O[C@@H]5O[C@H](CO)[C@@H](O)[C@H](O)[C@H]5O)cc4)[C@H](O)[C@@H](O)[C@@H]2O[C@@H]2OC[C@@H](O)[C@H](O)[C@H]2O)C(c2ccc(O)c(O)c2)O3)[C@H](O)[C@@H](O)[C@@H]1O. The molecule has 0 aromatic heterocycles. The van der Waals surface area contributed by atoms with Gasteiger partial charge in [-0.25, -0.2) is 4.79 Å². The smallest absolute Gasteiger partial charge is 0.330 e. The minimum absolute atomic E-state index is 0.0247. The highest BCUT2D eigenvalue weighted by Crippen LogP contribution is 2.47. The number of carboxylic acids is 1. The zero-order chi connectivity index (χ0) is 57.9. The maximum atomic E-state index is 13.1. The lowest BCUT2D eigenvalue weighted by molar-refractivity contribution is -0.352. The lowest BCUT2D eigenvalue weighted by Gasteiger charge is -2.45. The molecule has 30 nitrogen and oxygen atoms in total. The van der Waals surface area contributed by atoms with Crippen LogP contribution in [0.25, 0.3) is 12.2 Å². The topological polar surface area (TPSA) is 476 Å². The first-order valence-electron chi connectivity index (χ1n) is 24.4. The van der Waals surface area contributed by atoms with Crippen molar-refractivity contribution in [2.75, 3.05) is 26.4 Å². The third-order valence-corrected chi connectivity index (χ3v) is 13.2. The molecule has 0 saturated carbocycles. The van der Waals surface area contributed by atoms with E-state index in [1.165, 1.54) is 42.5 Å². The van der Waals surface area contributed by atoms with Gasteiger partial charge in [-0.15, -0.1) is 0 Å². The number of aliphatic carboxylic acids is 1. The Hall–Kier alpha value is -6.53. The van der Waals surface area contributed by atoms with Crippen LogP contribution in [0, 0.1) is 0 Å². The second-order valence-electron chi connectivity index (χ2n) is 18.9. The third-order valence-electron chi connectivity index (χ3n) is 13.2. The highest BCUT2D eigenvalue weighted by Gasteiger charge is 2.52. The molecule has 1 unspecified atom stereocenters. The predicted octanol–water partition coefficient (Wildman–Crippen LogP) is -4.79. The zero-order valence-corrected chi connectivity index (χ0v) is 41.4. The van der Waals surface area contributed by atoms with Gasteiger partial charge < -0.3 is 134 Å². The van der Waals surface area contributed by atoms with Crippen LogP contribution < -0.4 is 14.2 Å². The number of carbonyl (C=O) groups excluding carboxylic acids is 2. The number of phenolic OH excluding ortho intramolecular Hbond substituents is 3. The van der Waals surface area contributed by atoms with Crippen LogP contribution in [0.1, 0.15) is 29.2 Å². The number of aliphatic hydroxyl groups is 12. The van der Waals surface area contributed by atoms with E-state index in [1.807, 2.05) is 0 Å². The predicted molar refractivity (Wildman–Crippen MR) is 255 cm³/mol. The van der Waals surface area contributed by atoms with Crippen LogP contribution in [-0.4, -0.2) is 243 Å². The quantitative estimate of drug-likeness (QED) is 0.0246. The Kier molecular flexibility index (Phi) is 19.0. The summed E-state index contributed by atoms with van der Waals surface area (Å²) in [5, 5.41) is 167. The van der Waals surface area contributed by atoms with Crippen LogP contribution in [0.15, 0.2) is 66.4 Å². The molecule has 8 rings (SSSR count). The van der Waals surface area contributed by atoms with E-state index in [9.17, 15) is 91.0 Å². The number of fused-ring (bicyclic) bond motifs is 1. The fourth-order valence-corrected chi connectivity index (χ4v) is 8.79. The van der Waals surface area contributed by atoms with E-state index in [2.05, 4.69) is 0 Å². The Balaban J connectivity index is 1.05. The number of hydrogen-bond acceptors (Lipinski definition) is 29. The van der Waals surface area contributed by atoms with E-state index in [0.29, 0.717) is 5.56 Å². The number of ether oxygens (including phenoxy) is 11. The van der Waals surface area contributed by atoms with Crippen molar-refractivity contribution in [1.29, 1.82) is 0 Å². The molecule has 0 spiro atoms. The number of hydrogen-bond donors (Lipinski definition) is 16. The Labute approximate surface area is 450 Å². The minimum atomic E-state index is -2.09. The maximum Gasteiger partial charge on any atom is 0.330 e. The molecule has 5 aliphatic heterocycles. The molecule has 4 saturated heterocycles. The Morgan fingerprint density at radius 3 is 1.89 bits per heavy atom. The standard InChI is InChI=1S/C50H58O30/c51-14-29-36(61)39(64)43(68)48(77-29)73-21-5-1-18(2-6-21)3-8-33(58)70-16-31-38(63)41(66)46(80-47-42(67)35(60)25(55)15-72-47)50(79-31)76-28-12-22-26(74-45(28)19-4-7-23(53)24(54)9-19)10-20(52)11-27(22)75-49-44(69)40(65)37(62)30(78-49)17-71-34(59)13-32(56)57/h1-12,25,29-31,35-55,60-69H,13-17H2,(H,56,57)/b8-3+/t25-,29-,30-,31+,35+,36-,37-,38+,39+,40+,41-,42-,43-,44-,45?,46+,47+,48-,49-,50+/m1/s1. The molecule has 4 fully saturated rings. The van der Waals surface area contributed by atoms with Gasteiger partial charge in [0.15, 0.2) is 30.0 Å². The number of esters is 2. The Morgan fingerprint density at radius 2 is 1.23 bits per heavy atom. The van der Waals surface area contributed by atoms with Crippen LogP contribution >= 0.6 is 0 Å². The van der Waals surface area contributed by atoms with Crippen LogP contribution in [-0.2, 0) is 52.3 Å². The highest BCUT2D eigenvalue weighted by atomic mass is 16.8. The van der Waals surface area contributed by atoms with Crippen LogP contribution in [0.3, 0.4) is 0 Å². The average Bonchev–Trinajstić information content (AvgIpc) is 3.44. The fourth-order valence-electron chi connectivity index (χ4n) is 8.79. The second-order valence-corrected chi connectivity index (χ2v) is 18.9. The molecule has 80 heavy (non-hydrogen) atoms. The van der Waals surface area contributed by atoms with Gasteiger partial charge in [-0.2, -0.15) is 0 Å². The molecule has 3 aromatic rings. The molecular weight excluding hydrogens is 1080 g/mol.